The van der Waals surface area contributed by atoms with Crippen molar-refractivity contribution in [3.63, 3.8) is 0 Å². The fraction of sp³-hybridized carbons (Fsp3) is 0.786. The van der Waals surface area contributed by atoms with Crippen molar-refractivity contribution < 1.29 is 9.59 Å². The van der Waals surface area contributed by atoms with Gasteiger partial charge in [0.05, 0.1) is 0 Å². The van der Waals surface area contributed by atoms with E-state index in [1.807, 2.05) is 25.7 Å². The van der Waals surface area contributed by atoms with E-state index in [9.17, 15) is 9.59 Å². The van der Waals surface area contributed by atoms with Gasteiger partial charge >= 0.3 is 0 Å². The zero-order valence-corrected chi connectivity index (χ0v) is 13.2. The molecule has 1 aliphatic rings. The van der Waals surface area contributed by atoms with Gasteiger partial charge in [-0.2, -0.15) is 0 Å². The van der Waals surface area contributed by atoms with Gasteiger partial charge in [-0.05, 0) is 20.3 Å². The van der Waals surface area contributed by atoms with Gasteiger partial charge in [0, 0.05) is 38.6 Å². The Morgan fingerprint density at radius 1 is 1.19 bits per heavy atom. The molecule has 1 fully saturated rings. The summed E-state index contributed by atoms with van der Waals surface area (Å²) in [4.78, 5) is 29.2. The number of nitrogens with zero attached hydrogens (tertiary/aromatic N) is 2. The van der Waals surface area contributed by atoms with E-state index in [4.69, 9.17) is 0 Å². The van der Waals surface area contributed by atoms with Crippen molar-refractivity contribution in [3.8, 4) is 0 Å². The molecular formula is C14H27N5O2. The minimum atomic E-state index is -0.0936. The highest BCUT2D eigenvalue weighted by Crippen LogP contribution is 2.10. The van der Waals surface area contributed by atoms with Gasteiger partial charge in [-0.1, -0.05) is 6.92 Å². The third-order valence-corrected chi connectivity index (χ3v) is 3.28. The van der Waals surface area contributed by atoms with Gasteiger partial charge in [0.1, 0.15) is 6.54 Å². The minimum Gasteiger partial charge on any atom is -0.357 e. The third-order valence-electron chi connectivity index (χ3n) is 3.28. The zero-order valence-electron chi connectivity index (χ0n) is 13.2. The smallest absolute Gasteiger partial charge is 0.241 e. The van der Waals surface area contributed by atoms with E-state index in [1.165, 1.54) is 0 Å². The summed E-state index contributed by atoms with van der Waals surface area (Å²) < 4.78 is 0. The normalized spacial score (nSPS) is 18.5. The van der Waals surface area contributed by atoms with Crippen LogP contribution in [0.4, 0.5) is 0 Å². The molecule has 1 atom stereocenters. The van der Waals surface area contributed by atoms with E-state index in [-0.39, 0.29) is 24.4 Å². The predicted molar refractivity (Wildman–Crippen MR) is 83.1 cm³/mol. The molecular weight excluding hydrogens is 270 g/mol. The van der Waals surface area contributed by atoms with Gasteiger partial charge in [-0.15, -0.1) is 0 Å². The van der Waals surface area contributed by atoms with Crippen molar-refractivity contribution in [3.05, 3.63) is 0 Å². The van der Waals surface area contributed by atoms with E-state index in [0.29, 0.717) is 25.5 Å². The molecule has 1 unspecified atom stereocenters. The molecule has 7 heteroatoms. The highest BCUT2D eigenvalue weighted by Gasteiger charge is 2.25. The van der Waals surface area contributed by atoms with Gasteiger partial charge in [-0.25, -0.2) is 4.99 Å². The molecule has 0 radical (unpaired) electrons. The van der Waals surface area contributed by atoms with Crippen LogP contribution in [0.15, 0.2) is 4.99 Å². The van der Waals surface area contributed by atoms with Crippen LogP contribution in [0, 0.1) is 0 Å². The van der Waals surface area contributed by atoms with Crippen molar-refractivity contribution in [2.24, 2.45) is 4.99 Å². The van der Waals surface area contributed by atoms with E-state index in [2.05, 4.69) is 20.9 Å². The SMILES string of the molecule is CCNC(=O)CN=C(NCC)NC1CCN(C(=O)CC)C1. The molecule has 120 valence electrons. The van der Waals surface area contributed by atoms with E-state index in [1.54, 1.807) is 0 Å². The largest absolute Gasteiger partial charge is 0.357 e. The standard InChI is InChI=1S/C14H27N5O2/c1-4-13(21)19-8-7-11(10-19)18-14(16-6-3)17-9-12(20)15-5-2/h11H,4-10H2,1-3H3,(H,15,20)(H2,16,17,18). The van der Waals surface area contributed by atoms with Crippen LogP contribution < -0.4 is 16.0 Å². The number of likely N-dealkylation sites (N-methyl/N-ethyl adjacent to an activating group) is 1. The van der Waals surface area contributed by atoms with E-state index in [0.717, 1.165) is 19.5 Å². The van der Waals surface area contributed by atoms with Crippen LogP contribution in [0.2, 0.25) is 0 Å². The van der Waals surface area contributed by atoms with Crippen molar-refractivity contribution in [1.82, 2.24) is 20.9 Å². The van der Waals surface area contributed by atoms with E-state index < -0.39 is 0 Å². The quantitative estimate of drug-likeness (QED) is 0.464. The Bertz CT molecular complexity index is 384. The molecule has 1 aliphatic heterocycles. The van der Waals surface area contributed by atoms with Crippen LogP contribution in [-0.4, -0.2) is 61.4 Å². The molecule has 0 aromatic carbocycles. The average Bonchev–Trinajstić information content (AvgIpc) is 2.93. The first kappa shape index (κ1) is 17.3. The number of hydrogen-bond donors (Lipinski definition) is 3. The fourth-order valence-corrected chi connectivity index (χ4v) is 2.25. The van der Waals surface area contributed by atoms with Crippen LogP contribution in [0.5, 0.6) is 0 Å². The number of carbonyl (C=O) groups excluding carboxylic acids is 2. The number of hydrogen-bond acceptors (Lipinski definition) is 3. The molecule has 0 aromatic heterocycles. The van der Waals surface area contributed by atoms with Gasteiger partial charge in [-0.3, -0.25) is 9.59 Å². The summed E-state index contributed by atoms with van der Waals surface area (Å²) in [7, 11) is 0. The predicted octanol–water partition coefficient (Wildman–Crippen LogP) is -0.311. The summed E-state index contributed by atoms with van der Waals surface area (Å²) in [6.07, 6.45) is 1.44. The summed E-state index contributed by atoms with van der Waals surface area (Å²) in [5.41, 5.74) is 0. The summed E-state index contributed by atoms with van der Waals surface area (Å²) in [5.74, 6) is 0.715. The molecule has 0 saturated carbocycles. The van der Waals surface area contributed by atoms with Gasteiger partial charge in [0.25, 0.3) is 0 Å². The van der Waals surface area contributed by atoms with Crippen LogP contribution in [0.3, 0.4) is 0 Å². The molecule has 2 amide bonds. The molecule has 1 rings (SSSR count). The lowest BCUT2D eigenvalue weighted by Crippen LogP contribution is -2.45. The number of aliphatic imine (C=N–C) groups is 1. The fourth-order valence-electron chi connectivity index (χ4n) is 2.25. The molecule has 1 saturated heterocycles. The second kappa shape index (κ2) is 9.20. The topological polar surface area (TPSA) is 85.8 Å². The Hall–Kier alpha value is -1.79. The van der Waals surface area contributed by atoms with Gasteiger partial charge in [0.2, 0.25) is 11.8 Å². The summed E-state index contributed by atoms with van der Waals surface area (Å²) >= 11 is 0. The first-order valence-electron chi connectivity index (χ1n) is 7.69. The maximum absolute atomic E-state index is 11.7. The van der Waals surface area contributed by atoms with Gasteiger partial charge < -0.3 is 20.9 Å². The molecule has 0 spiro atoms. The van der Waals surface area contributed by atoms with Gasteiger partial charge in [0.15, 0.2) is 5.96 Å². The Balaban J connectivity index is 2.49. The number of rotatable bonds is 6. The van der Waals surface area contributed by atoms with Crippen LogP contribution in [-0.2, 0) is 9.59 Å². The molecule has 1 heterocycles. The molecule has 0 bridgehead atoms. The molecule has 0 aliphatic carbocycles. The maximum Gasteiger partial charge on any atom is 0.241 e. The highest BCUT2D eigenvalue weighted by atomic mass is 16.2. The van der Waals surface area contributed by atoms with Crippen molar-refractivity contribution in [2.45, 2.75) is 39.7 Å². The Labute approximate surface area is 126 Å². The molecule has 0 aromatic rings. The molecule has 21 heavy (non-hydrogen) atoms. The lowest BCUT2D eigenvalue weighted by molar-refractivity contribution is -0.129. The monoisotopic (exact) mass is 297 g/mol. The Morgan fingerprint density at radius 2 is 1.90 bits per heavy atom. The number of likely N-dealkylation sites (tertiary alicyclic amines) is 1. The second-order valence-electron chi connectivity index (χ2n) is 4.97. The second-order valence-corrected chi connectivity index (χ2v) is 4.97. The van der Waals surface area contributed by atoms with Crippen molar-refractivity contribution >= 4 is 17.8 Å². The zero-order chi connectivity index (χ0) is 15.7. The summed E-state index contributed by atoms with van der Waals surface area (Å²) in [5, 5.41) is 9.12. The number of nitrogens with one attached hydrogen (secondary N) is 3. The minimum absolute atomic E-state index is 0.0936. The number of amides is 2. The molecule has 3 N–H and O–H groups in total. The Morgan fingerprint density at radius 3 is 2.52 bits per heavy atom. The maximum atomic E-state index is 11.7. The molecule has 7 nitrogen and oxygen atoms in total. The number of guanidine groups is 1. The Kier molecular flexibility index (Phi) is 7.56. The summed E-state index contributed by atoms with van der Waals surface area (Å²) in [6.45, 7) is 8.64. The van der Waals surface area contributed by atoms with E-state index >= 15 is 0 Å². The first-order chi connectivity index (χ1) is 10.1. The number of carbonyl (C=O) groups is 2. The lowest BCUT2D eigenvalue weighted by Gasteiger charge is -2.18. The summed E-state index contributed by atoms with van der Waals surface area (Å²) in [6, 6.07) is 0.188. The van der Waals surface area contributed by atoms with Crippen LogP contribution in [0.25, 0.3) is 0 Å². The van der Waals surface area contributed by atoms with Crippen molar-refractivity contribution in [1.29, 1.82) is 0 Å². The lowest BCUT2D eigenvalue weighted by atomic mass is 10.3. The van der Waals surface area contributed by atoms with Crippen LogP contribution >= 0.6 is 0 Å². The first-order valence-corrected chi connectivity index (χ1v) is 7.69. The van der Waals surface area contributed by atoms with Crippen molar-refractivity contribution in [2.75, 3.05) is 32.7 Å². The highest BCUT2D eigenvalue weighted by molar-refractivity contribution is 5.85. The van der Waals surface area contributed by atoms with Crippen LogP contribution in [0.1, 0.15) is 33.6 Å². The average molecular weight is 297 g/mol. The third kappa shape index (κ3) is 6.01.